The molecule has 0 aromatic rings. The molecule has 0 spiro atoms. The molecule has 1 aliphatic rings. The van der Waals surface area contributed by atoms with Gasteiger partial charge in [-0.25, -0.2) is 5.84 Å². The number of hydrazine groups is 1. The van der Waals surface area contributed by atoms with E-state index < -0.39 is 0 Å². The van der Waals surface area contributed by atoms with Crippen molar-refractivity contribution in [2.24, 2.45) is 29.3 Å². The van der Waals surface area contributed by atoms with Crippen molar-refractivity contribution in [3.63, 3.8) is 0 Å². The van der Waals surface area contributed by atoms with Crippen molar-refractivity contribution in [1.29, 1.82) is 0 Å². The summed E-state index contributed by atoms with van der Waals surface area (Å²) < 4.78 is 5.26. The van der Waals surface area contributed by atoms with E-state index in [2.05, 4.69) is 6.92 Å². The third kappa shape index (κ3) is 3.61. The molecular weight excluding hydrogens is 214 g/mol. The zero-order valence-corrected chi connectivity index (χ0v) is 11.6. The first-order valence-electron chi connectivity index (χ1n) is 6.45. The molecule has 0 saturated heterocycles. The number of hydrogen-bond acceptors (Lipinski definition) is 4. The smallest absolute Gasteiger partial charge is 0.0496 e. The molecule has 17 heavy (non-hydrogen) atoms. The van der Waals surface area contributed by atoms with E-state index in [1.807, 2.05) is 14.0 Å². The van der Waals surface area contributed by atoms with Crippen LogP contribution in [-0.4, -0.2) is 25.8 Å². The van der Waals surface area contributed by atoms with Crippen LogP contribution in [0.2, 0.25) is 0 Å². The average molecular weight is 241 g/mol. The van der Waals surface area contributed by atoms with Crippen LogP contribution >= 0.6 is 0 Å². The lowest BCUT2D eigenvalue weighted by Crippen LogP contribution is -2.27. The van der Waals surface area contributed by atoms with E-state index in [4.69, 9.17) is 16.3 Å². The summed E-state index contributed by atoms with van der Waals surface area (Å²) in [6.07, 6.45) is 3.38. The van der Waals surface area contributed by atoms with Gasteiger partial charge in [0.15, 0.2) is 0 Å². The van der Waals surface area contributed by atoms with Gasteiger partial charge in [0.05, 0.1) is 0 Å². The fraction of sp³-hybridized carbons (Fsp3) is 0.846. The Kier molecular flexibility index (Phi) is 5.28. The van der Waals surface area contributed by atoms with E-state index in [0.29, 0.717) is 0 Å². The van der Waals surface area contributed by atoms with Crippen molar-refractivity contribution in [3.8, 4) is 0 Å². The van der Waals surface area contributed by atoms with E-state index in [1.54, 1.807) is 12.1 Å². The SMILES string of the molecule is CCC1C(CC/C(=C(\C)N)N(C)N)C1COC. The fourth-order valence-electron chi connectivity index (χ4n) is 2.95. The summed E-state index contributed by atoms with van der Waals surface area (Å²) in [7, 11) is 3.63. The van der Waals surface area contributed by atoms with Gasteiger partial charge in [-0.3, -0.25) is 0 Å². The van der Waals surface area contributed by atoms with Crippen LogP contribution in [0.5, 0.6) is 0 Å². The third-order valence-corrected chi connectivity index (χ3v) is 3.93. The van der Waals surface area contributed by atoms with Gasteiger partial charge < -0.3 is 15.5 Å². The van der Waals surface area contributed by atoms with Crippen LogP contribution < -0.4 is 11.6 Å². The minimum absolute atomic E-state index is 0.743. The average Bonchev–Trinajstić information content (AvgIpc) is 2.90. The summed E-state index contributed by atoms with van der Waals surface area (Å²) >= 11 is 0. The van der Waals surface area contributed by atoms with Crippen LogP contribution in [0.1, 0.15) is 33.1 Å². The Balaban J connectivity index is 2.43. The molecule has 4 nitrogen and oxygen atoms in total. The molecule has 3 unspecified atom stereocenters. The maximum absolute atomic E-state index is 5.84. The molecule has 0 amide bonds. The third-order valence-electron chi connectivity index (χ3n) is 3.93. The first kappa shape index (κ1) is 14.3. The van der Waals surface area contributed by atoms with Gasteiger partial charge >= 0.3 is 0 Å². The summed E-state index contributed by atoms with van der Waals surface area (Å²) in [5, 5.41) is 1.64. The van der Waals surface area contributed by atoms with Gasteiger partial charge in [-0.05, 0) is 37.5 Å². The molecule has 0 aliphatic heterocycles. The molecular formula is C13H27N3O. The second-order valence-corrected chi connectivity index (χ2v) is 5.13. The van der Waals surface area contributed by atoms with Gasteiger partial charge in [0.1, 0.15) is 0 Å². The standard InChI is InChI=1S/C13H27N3O/c1-5-10-11(12(10)8-17-4)6-7-13(9(2)14)16(3)15/h10-12H,5-8,14-15H2,1-4H3/b13-9-. The number of nitrogens with zero attached hydrogens (tertiary/aromatic N) is 1. The second kappa shape index (κ2) is 6.26. The summed E-state index contributed by atoms with van der Waals surface area (Å²) in [6.45, 7) is 5.06. The molecule has 0 heterocycles. The predicted molar refractivity (Wildman–Crippen MR) is 70.7 cm³/mol. The molecule has 0 aromatic heterocycles. The Bertz CT molecular complexity index is 272. The maximum Gasteiger partial charge on any atom is 0.0496 e. The summed E-state index contributed by atoms with van der Waals surface area (Å²) in [5.41, 5.74) is 7.72. The van der Waals surface area contributed by atoms with Crippen molar-refractivity contribution < 1.29 is 4.74 Å². The topological polar surface area (TPSA) is 64.5 Å². The first-order chi connectivity index (χ1) is 8.02. The summed E-state index contributed by atoms with van der Waals surface area (Å²) in [5.74, 6) is 8.14. The number of rotatable bonds is 7. The summed E-state index contributed by atoms with van der Waals surface area (Å²) in [4.78, 5) is 0. The minimum atomic E-state index is 0.743. The van der Waals surface area contributed by atoms with Gasteiger partial charge in [0.25, 0.3) is 0 Å². The molecule has 1 rings (SSSR count). The van der Waals surface area contributed by atoms with Crippen LogP contribution in [-0.2, 0) is 4.74 Å². The van der Waals surface area contributed by atoms with Crippen LogP contribution in [0.3, 0.4) is 0 Å². The molecule has 4 N–H and O–H groups in total. The zero-order chi connectivity index (χ0) is 13.0. The summed E-state index contributed by atoms with van der Waals surface area (Å²) in [6, 6.07) is 0. The van der Waals surface area contributed by atoms with Crippen molar-refractivity contribution >= 4 is 0 Å². The number of nitrogens with two attached hydrogens (primary N) is 2. The molecule has 4 heteroatoms. The second-order valence-electron chi connectivity index (χ2n) is 5.13. The Labute approximate surface area is 105 Å². The normalized spacial score (nSPS) is 28.9. The molecule has 3 atom stereocenters. The van der Waals surface area contributed by atoms with Crippen molar-refractivity contribution in [3.05, 3.63) is 11.4 Å². The molecule has 1 saturated carbocycles. The largest absolute Gasteiger partial charge is 0.401 e. The Morgan fingerprint density at radius 1 is 1.29 bits per heavy atom. The molecule has 1 aliphatic carbocycles. The predicted octanol–water partition coefficient (Wildman–Crippen LogP) is 1.68. The Morgan fingerprint density at radius 3 is 2.35 bits per heavy atom. The van der Waals surface area contributed by atoms with Crippen molar-refractivity contribution in [2.45, 2.75) is 33.1 Å². The van der Waals surface area contributed by atoms with E-state index in [-0.39, 0.29) is 0 Å². The van der Waals surface area contributed by atoms with E-state index in [1.165, 1.54) is 6.42 Å². The van der Waals surface area contributed by atoms with E-state index in [0.717, 1.165) is 48.6 Å². The molecule has 0 aromatic carbocycles. The lowest BCUT2D eigenvalue weighted by molar-refractivity contribution is 0.176. The monoisotopic (exact) mass is 241 g/mol. The highest BCUT2D eigenvalue weighted by Gasteiger charge is 2.47. The van der Waals surface area contributed by atoms with Gasteiger partial charge in [-0.2, -0.15) is 0 Å². The van der Waals surface area contributed by atoms with E-state index in [9.17, 15) is 0 Å². The zero-order valence-electron chi connectivity index (χ0n) is 11.6. The van der Waals surface area contributed by atoms with Gasteiger partial charge in [0, 0.05) is 32.2 Å². The van der Waals surface area contributed by atoms with Crippen LogP contribution in [0.15, 0.2) is 11.4 Å². The quantitative estimate of drug-likeness (QED) is 0.526. The van der Waals surface area contributed by atoms with Crippen molar-refractivity contribution in [1.82, 2.24) is 5.01 Å². The number of ether oxygens (including phenoxy) is 1. The Morgan fingerprint density at radius 2 is 1.94 bits per heavy atom. The molecule has 0 radical (unpaired) electrons. The number of allylic oxidation sites excluding steroid dienone is 2. The van der Waals surface area contributed by atoms with Gasteiger partial charge in [-0.15, -0.1) is 0 Å². The first-order valence-corrected chi connectivity index (χ1v) is 6.45. The van der Waals surface area contributed by atoms with Crippen LogP contribution in [0.25, 0.3) is 0 Å². The number of methoxy groups -OCH3 is 1. The number of hydrogen-bond donors (Lipinski definition) is 2. The lowest BCUT2D eigenvalue weighted by Gasteiger charge is -2.18. The minimum Gasteiger partial charge on any atom is -0.401 e. The highest BCUT2D eigenvalue weighted by Crippen LogP contribution is 2.51. The molecule has 1 fully saturated rings. The van der Waals surface area contributed by atoms with E-state index >= 15 is 0 Å². The van der Waals surface area contributed by atoms with Gasteiger partial charge in [0.2, 0.25) is 0 Å². The van der Waals surface area contributed by atoms with Crippen LogP contribution in [0.4, 0.5) is 0 Å². The molecule has 0 bridgehead atoms. The van der Waals surface area contributed by atoms with Crippen molar-refractivity contribution in [2.75, 3.05) is 20.8 Å². The van der Waals surface area contributed by atoms with Crippen LogP contribution in [0, 0.1) is 17.8 Å². The fourth-order valence-corrected chi connectivity index (χ4v) is 2.95. The van der Waals surface area contributed by atoms with Gasteiger partial charge in [-0.1, -0.05) is 13.3 Å². The molecule has 100 valence electrons. The highest BCUT2D eigenvalue weighted by atomic mass is 16.5. The maximum atomic E-state index is 5.84. The highest BCUT2D eigenvalue weighted by molar-refractivity contribution is 5.08. The lowest BCUT2D eigenvalue weighted by atomic mass is 10.1. The Hall–Kier alpha value is -0.740.